The number of rotatable bonds is 8. The molecule has 0 aromatic heterocycles. The largest absolute Gasteiger partial charge is 0.481 e. The molecule has 100 valence electrons. The molecule has 0 aliphatic heterocycles. The Hall–Kier alpha value is -1.10. The van der Waals surface area contributed by atoms with Crippen molar-refractivity contribution >= 4 is 11.9 Å². The molecule has 0 aliphatic carbocycles. The fraction of sp³-hybridized carbons (Fsp3) is 0.833. The molecule has 0 aliphatic rings. The van der Waals surface area contributed by atoms with E-state index in [2.05, 4.69) is 5.32 Å². The molecule has 0 bridgehead atoms. The van der Waals surface area contributed by atoms with Gasteiger partial charge in [-0.15, -0.1) is 0 Å². The maximum Gasteiger partial charge on any atom is 0.308 e. The summed E-state index contributed by atoms with van der Waals surface area (Å²) in [7, 11) is 0. The zero-order valence-electron chi connectivity index (χ0n) is 10.9. The standard InChI is InChI=1S/C12H24N2O3/c1-4-5-9(6-13)11(15)14-7-10(8(2)3)12(16)17/h8-10H,4-7,13H2,1-3H3,(H,14,15)(H,16,17). The molecule has 2 atom stereocenters. The molecular weight excluding hydrogens is 220 g/mol. The van der Waals surface area contributed by atoms with Gasteiger partial charge in [0.15, 0.2) is 0 Å². The van der Waals surface area contributed by atoms with Crippen LogP contribution in [0.25, 0.3) is 0 Å². The molecule has 0 saturated carbocycles. The first kappa shape index (κ1) is 15.9. The predicted octanol–water partition coefficient (Wildman–Crippen LogP) is 0.834. The van der Waals surface area contributed by atoms with E-state index in [1.807, 2.05) is 20.8 Å². The van der Waals surface area contributed by atoms with Gasteiger partial charge in [0.25, 0.3) is 0 Å². The lowest BCUT2D eigenvalue weighted by Gasteiger charge is -2.19. The SMILES string of the molecule is CCCC(CN)C(=O)NCC(C(=O)O)C(C)C. The van der Waals surface area contributed by atoms with Crippen LogP contribution in [0.15, 0.2) is 0 Å². The number of nitrogens with one attached hydrogen (secondary N) is 1. The first-order chi connectivity index (χ1) is 7.93. The Morgan fingerprint density at radius 3 is 2.29 bits per heavy atom. The number of hydrogen-bond acceptors (Lipinski definition) is 3. The van der Waals surface area contributed by atoms with Crippen molar-refractivity contribution < 1.29 is 14.7 Å². The van der Waals surface area contributed by atoms with E-state index in [1.54, 1.807) is 0 Å². The van der Waals surface area contributed by atoms with Gasteiger partial charge in [0.1, 0.15) is 0 Å². The van der Waals surface area contributed by atoms with E-state index in [-0.39, 0.29) is 24.3 Å². The molecule has 0 aromatic rings. The van der Waals surface area contributed by atoms with Crippen LogP contribution in [0.3, 0.4) is 0 Å². The van der Waals surface area contributed by atoms with Crippen molar-refractivity contribution in [2.45, 2.75) is 33.6 Å². The van der Waals surface area contributed by atoms with Crippen molar-refractivity contribution in [1.82, 2.24) is 5.32 Å². The first-order valence-corrected chi connectivity index (χ1v) is 6.14. The monoisotopic (exact) mass is 244 g/mol. The zero-order valence-corrected chi connectivity index (χ0v) is 10.9. The van der Waals surface area contributed by atoms with Gasteiger partial charge < -0.3 is 16.2 Å². The van der Waals surface area contributed by atoms with Crippen LogP contribution in [0.4, 0.5) is 0 Å². The van der Waals surface area contributed by atoms with Crippen LogP contribution >= 0.6 is 0 Å². The minimum absolute atomic E-state index is 0.00435. The highest BCUT2D eigenvalue weighted by Crippen LogP contribution is 2.11. The summed E-state index contributed by atoms with van der Waals surface area (Å²) < 4.78 is 0. The Bertz CT molecular complexity index is 254. The first-order valence-electron chi connectivity index (χ1n) is 6.14. The van der Waals surface area contributed by atoms with Crippen LogP contribution in [0.1, 0.15) is 33.6 Å². The number of nitrogens with two attached hydrogens (primary N) is 1. The molecule has 2 unspecified atom stereocenters. The van der Waals surface area contributed by atoms with Crippen LogP contribution < -0.4 is 11.1 Å². The summed E-state index contributed by atoms with van der Waals surface area (Å²) >= 11 is 0. The third-order valence-electron chi connectivity index (χ3n) is 2.91. The topological polar surface area (TPSA) is 92.4 Å². The molecular formula is C12H24N2O3. The molecule has 5 nitrogen and oxygen atoms in total. The summed E-state index contributed by atoms with van der Waals surface area (Å²) in [5.74, 6) is -1.77. The third kappa shape index (κ3) is 5.68. The van der Waals surface area contributed by atoms with Crippen molar-refractivity contribution in [3.8, 4) is 0 Å². The summed E-state index contributed by atoms with van der Waals surface area (Å²) in [6, 6.07) is 0. The number of carboxylic acid groups (broad SMARTS) is 1. The highest BCUT2D eigenvalue weighted by molar-refractivity contribution is 5.79. The van der Waals surface area contributed by atoms with Crippen LogP contribution in [0.2, 0.25) is 0 Å². The van der Waals surface area contributed by atoms with Gasteiger partial charge in [0.2, 0.25) is 5.91 Å². The molecule has 0 aromatic carbocycles. The Kier molecular flexibility index (Phi) is 7.54. The number of aliphatic carboxylic acids is 1. The Balaban J connectivity index is 4.24. The van der Waals surface area contributed by atoms with Crippen molar-refractivity contribution in [2.75, 3.05) is 13.1 Å². The van der Waals surface area contributed by atoms with Crippen molar-refractivity contribution in [3.05, 3.63) is 0 Å². The quantitative estimate of drug-likeness (QED) is 0.589. The van der Waals surface area contributed by atoms with Gasteiger partial charge in [-0.2, -0.15) is 0 Å². The molecule has 17 heavy (non-hydrogen) atoms. The van der Waals surface area contributed by atoms with E-state index >= 15 is 0 Å². The lowest BCUT2D eigenvalue weighted by molar-refractivity contribution is -0.143. The number of carbonyl (C=O) groups excluding carboxylic acids is 1. The molecule has 0 radical (unpaired) electrons. The summed E-state index contributed by atoms with van der Waals surface area (Å²) in [5, 5.41) is 11.7. The van der Waals surface area contributed by atoms with Crippen LogP contribution in [-0.2, 0) is 9.59 Å². The van der Waals surface area contributed by atoms with Gasteiger partial charge >= 0.3 is 5.97 Å². The Morgan fingerprint density at radius 2 is 1.94 bits per heavy atom. The molecule has 0 rings (SSSR count). The average Bonchev–Trinajstić information content (AvgIpc) is 2.24. The van der Waals surface area contributed by atoms with Crippen LogP contribution in [0.5, 0.6) is 0 Å². The lowest BCUT2D eigenvalue weighted by Crippen LogP contribution is -2.40. The van der Waals surface area contributed by atoms with E-state index < -0.39 is 11.9 Å². The Labute approximate surface area is 103 Å². The highest BCUT2D eigenvalue weighted by Gasteiger charge is 2.23. The van der Waals surface area contributed by atoms with E-state index in [4.69, 9.17) is 10.8 Å². The molecule has 5 heteroatoms. The summed E-state index contributed by atoms with van der Waals surface area (Å²) in [6.07, 6.45) is 1.63. The Morgan fingerprint density at radius 1 is 1.35 bits per heavy atom. The molecule has 4 N–H and O–H groups in total. The maximum atomic E-state index is 11.7. The van der Waals surface area contributed by atoms with Crippen LogP contribution in [0, 0.1) is 17.8 Å². The minimum Gasteiger partial charge on any atom is -0.481 e. The summed E-state index contributed by atoms with van der Waals surface area (Å²) in [6.45, 7) is 6.13. The van der Waals surface area contributed by atoms with E-state index in [0.717, 1.165) is 12.8 Å². The van der Waals surface area contributed by atoms with Gasteiger partial charge in [0, 0.05) is 13.1 Å². The zero-order chi connectivity index (χ0) is 13.4. The second-order valence-corrected chi connectivity index (χ2v) is 4.66. The minimum atomic E-state index is -0.875. The second-order valence-electron chi connectivity index (χ2n) is 4.66. The average molecular weight is 244 g/mol. The summed E-state index contributed by atoms with van der Waals surface area (Å²) in [5.41, 5.74) is 5.51. The van der Waals surface area contributed by atoms with E-state index in [1.165, 1.54) is 0 Å². The van der Waals surface area contributed by atoms with E-state index in [0.29, 0.717) is 6.54 Å². The molecule has 0 heterocycles. The van der Waals surface area contributed by atoms with Crippen molar-refractivity contribution in [3.63, 3.8) is 0 Å². The lowest BCUT2D eigenvalue weighted by atomic mass is 9.95. The maximum absolute atomic E-state index is 11.7. The van der Waals surface area contributed by atoms with Crippen molar-refractivity contribution in [2.24, 2.45) is 23.5 Å². The smallest absolute Gasteiger partial charge is 0.308 e. The molecule has 0 fully saturated rings. The van der Waals surface area contributed by atoms with Gasteiger partial charge in [-0.1, -0.05) is 27.2 Å². The number of hydrogen-bond donors (Lipinski definition) is 3. The highest BCUT2D eigenvalue weighted by atomic mass is 16.4. The number of carboxylic acids is 1. The third-order valence-corrected chi connectivity index (χ3v) is 2.91. The fourth-order valence-corrected chi connectivity index (χ4v) is 1.67. The molecule has 0 spiro atoms. The van der Waals surface area contributed by atoms with Gasteiger partial charge in [-0.25, -0.2) is 0 Å². The van der Waals surface area contributed by atoms with Gasteiger partial charge in [0.05, 0.1) is 11.8 Å². The van der Waals surface area contributed by atoms with Gasteiger partial charge in [-0.3, -0.25) is 9.59 Å². The second kappa shape index (κ2) is 8.06. The number of amides is 1. The fourth-order valence-electron chi connectivity index (χ4n) is 1.67. The summed E-state index contributed by atoms with van der Waals surface area (Å²) in [4.78, 5) is 22.7. The molecule has 1 amide bonds. The van der Waals surface area contributed by atoms with Crippen LogP contribution in [-0.4, -0.2) is 30.1 Å². The van der Waals surface area contributed by atoms with Gasteiger partial charge in [-0.05, 0) is 12.3 Å². The normalized spacial score (nSPS) is 14.4. The van der Waals surface area contributed by atoms with E-state index in [9.17, 15) is 9.59 Å². The number of carbonyl (C=O) groups is 2. The van der Waals surface area contributed by atoms with Crippen molar-refractivity contribution in [1.29, 1.82) is 0 Å². The predicted molar refractivity (Wildman–Crippen MR) is 66.4 cm³/mol. The molecule has 0 saturated heterocycles.